The van der Waals surface area contributed by atoms with E-state index in [9.17, 15) is 4.79 Å². The van der Waals surface area contributed by atoms with Gasteiger partial charge in [-0.25, -0.2) is 10.7 Å². The molecule has 0 saturated carbocycles. The maximum absolute atomic E-state index is 11.6. The van der Waals surface area contributed by atoms with Crippen LogP contribution in [0.5, 0.6) is 0 Å². The van der Waals surface area contributed by atoms with Gasteiger partial charge in [0.1, 0.15) is 5.60 Å². The number of rotatable bonds is 5. The van der Waals surface area contributed by atoms with E-state index in [0.717, 1.165) is 0 Å². The quantitative estimate of drug-likeness (QED) is 0.350. The average molecular weight is 233 g/mol. The minimum absolute atomic E-state index is 0.328. The van der Waals surface area contributed by atoms with Crippen molar-refractivity contribution in [3.05, 3.63) is 0 Å². The fraction of sp³-hybridized carbons (Fsp3) is 0.900. The molecular weight excluding hydrogens is 210 g/mol. The highest BCUT2D eigenvalue weighted by Gasteiger charge is 2.27. The molecule has 0 heterocycles. The molecule has 96 valence electrons. The molecule has 0 aliphatic carbocycles. The summed E-state index contributed by atoms with van der Waals surface area (Å²) in [5, 5.41) is 0. The highest BCUT2D eigenvalue weighted by atomic mass is 16.7. The van der Waals surface area contributed by atoms with E-state index >= 15 is 0 Å². The third-order valence-electron chi connectivity index (χ3n) is 1.78. The molecule has 0 fully saturated rings. The van der Waals surface area contributed by atoms with Gasteiger partial charge < -0.3 is 16.2 Å². The molecule has 0 aliphatic rings. The lowest BCUT2D eigenvalue weighted by Crippen LogP contribution is -2.47. The van der Waals surface area contributed by atoms with Gasteiger partial charge in [0.05, 0.1) is 5.66 Å². The Kier molecular flexibility index (Phi) is 5.34. The standard InChI is InChI=1S/C10H23N3O3/c1-9(2,3)15-8(14)7(16-13)5-6-10(4,11)12/h7H,5-6,11-13H2,1-4H3. The van der Waals surface area contributed by atoms with E-state index in [4.69, 9.17) is 22.1 Å². The van der Waals surface area contributed by atoms with Crippen LogP contribution in [0.15, 0.2) is 0 Å². The van der Waals surface area contributed by atoms with Crippen LogP contribution in [-0.4, -0.2) is 23.3 Å². The molecule has 0 spiro atoms. The molecule has 0 aromatic heterocycles. The zero-order valence-corrected chi connectivity index (χ0v) is 10.4. The summed E-state index contributed by atoms with van der Waals surface area (Å²) < 4.78 is 5.13. The van der Waals surface area contributed by atoms with Gasteiger partial charge in [-0.05, 0) is 40.5 Å². The maximum atomic E-state index is 11.6. The Morgan fingerprint density at radius 1 is 1.25 bits per heavy atom. The van der Waals surface area contributed by atoms with Gasteiger partial charge in [-0.1, -0.05) is 0 Å². The first-order valence-corrected chi connectivity index (χ1v) is 5.21. The van der Waals surface area contributed by atoms with Crippen LogP contribution < -0.4 is 17.4 Å². The summed E-state index contributed by atoms with van der Waals surface area (Å²) in [4.78, 5) is 16.2. The van der Waals surface area contributed by atoms with Crippen LogP contribution in [0, 0.1) is 0 Å². The van der Waals surface area contributed by atoms with E-state index in [1.807, 2.05) is 0 Å². The second-order valence-electron chi connectivity index (χ2n) is 5.20. The van der Waals surface area contributed by atoms with Gasteiger partial charge in [0.25, 0.3) is 0 Å². The van der Waals surface area contributed by atoms with Gasteiger partial charge in [0.2, 0.25) is 0 Å². The minimum Gasteiger partial charge on any atom is -0.458 e. The Labute approximate surface area is 96.4 Å². The Morgan fingerprint density at radius 2 is 1.75 bits per heavy atom. The maximum Gasteiger partial charge on any atom is 0.337 e. The van der Waals surface area contributed by atoms with E-state index in [1.165, 1.54) is 0 Å². The first kappa shape index (κ1) is 15.3. The normalized spacial score (nSPS) is 14.7. The summed E-state index contributed by atoms with van der Waals surface area (Å²) in [6, 6.07) is 0. The molecule has 0 amide bonds. The van der Waals surface area contributed by atoms with Crippen LogP contribution in [0.1, 0.15) is 40.5 Å². The molecule has 0 saturated heterocycles. The summed E-state index contributed by atoms with van der Waals surface area (Å²) in [7, 11) is 0. The van der Waals surface area contributed by atoms with Gasteiger partial charge in [-0.2, -0.15) is 0 Å². The zero-order valence-electron chi connectivity index (χ0n) is 10.4. The van der Waals surface area contributed by atoms with Crippen LogP contribution in [-0.2, 0) is 14.4 Å². The number of nitrogens with two attached hydrogens (primary N) is 3. The van der Waals surface area contributed by atoms with Crippen molar-refractivity contribution in [2.45, 2.75) is 57.9 Å². The van der Waals surface area contributed by atoms with Crippen molar-refractivity contribution >= 4 is 5.97 Å². The fourth-order valence-electron chi connectivity index (χ4n) is 1.05. The zero-order chi connectivity index (χ0) is 13.0. The molecule has 6 heteroatoms. The SMILES string of the molecule is CC(N)(N)CCC(ON)C(=O)OC(C)(C)C. The van der Waals surface area contributed by atoms with Crippen LogP contribution in [0.3, 0.4) is 0 Å². The van der Waals surface area contributed by atoms with E-state index < -0.39 is 23.3 Å². The largest absolute Gasteiger partial charge is 0.458 e. The fourth-order valence-corrected chi connectivity index (χ4v) is 1.05. The van der Waals surface area contributed by atoms with E-state index in [1.54, 1.807) is 27.7 Å². The number of ether oxygens (including phenoxy) is 1. The van der Waals surface area contributed by atoms with Crippen LogP contribution in [0.25, 0.3) is 0 Å². The van der Waals surface area contributed by atoms with Crippen LogP contribution in [0.4, 0.5) is 0 Å². The minimum atomic E-state index is -0.848. The molecular formula is C10H23N3O3. The Balaban J connectivity index is 4.23. The van der Waals surface area contributed by atoms with Gasteiger partial charge in [0.15, 0.2) is 6.10 Å². The molecule has 0 radical (unpaired) electrons. The second-order valence-corrected chi connectivity index (χ2v) is 5.20. The Hall–Kier alpha value is -0.690. The van der Waals surface area contributed by atoms with Crippen molar-refractivity contribution in [3.8, 4) is 0 Å². The molecule has 1 unspecified atom stereocenters. The van der Waals surface area contributed by atoms with E-state index in [-0.39, 0.29) is 0 Å². The third kappa shape index (κ3) is 7.58. The van der Waals surface area contributed by atoms with Crippen molar-refractivity contribution in [2.24, 2.45) is 17.4 Å². The highest BCUT2D eigenvalue weighted by Crippen LogP contribution is 2.13. The van der Waals surface area contributed by atoms with Crippen LogP contribution >= 0.6 is 0 Å². The lowest BCUT2D eigenvalue weighted by atomic mass is 10.0. The lowest BCUT2D eigenvalue weighted by Gasteiger charge is -2.25. The molecule has 6 nitrogen and oxygen atoms in total. The van der Waals surface area contributed by atoms with Crippen molar-refractivity contribution in [3.63, 3.8) is 0 Å². The molecule has 16 heavy (non-hydrogen) atoms. The number of esters is 1. The number of hydrogen-bond donors (Lipinski definition) is 3. The smallest absolute Gasteiger partial charge is 0.337 e. The van der Waals surface area contributed by atoms with Crippen molar-refractivity contribution in [1.82, 2.24) is 0 Å². The summed E-state index contributed by atoms with van der Waals surface area (Å²) in [5.41, 5.74) is 9.77. The summed E-state index contributed by atoms with van der Waals surface area (Å²) in [6.07, 6.45) is -0.0890. The van der Waals surface area contributed by atoms with E-state index in [2.05, 4.69) is 4.84 Å². The van der Waals surface area contributed by atoms with Crippen LogP contribution in [0.2, 0.25) is 0 Å². The summed E-state index contributed by atoms with van der Waals surface area (Å²) in [5.74, 6) is 4.54. The summed E-state index contributed by atoms with van der Waals surface area (Å²) >= 11 is 0. The number of hydrogen-bond acceptors (Lipinski definition) is 6. The van der Waals surface area contributed by atoms with Crippen molar-refractivity contribution in [1.29, 1.82) is 0 Å². The predicted molar refractivity (Wildman–Crippen MR) is 60.9 cm³/mol. The molecule has 6 N–H and O–H groups in total. The monoisotopic (exact) mass is 233 g/mol. The lowest BCUT2D eigenvalue weighted by molar-refractivity contribution is -0.169. The Morgan fingerprint density at radius 3 is 2.06 bits per heavy atom. The first-order valence-electron chi connectivity index (χ1n) is 5.21. The highest BCUT2D eigenvalue weighted by molar-refractivity contribution is 5.75. The average Bonchev–Trinajstić information content (AvgIpc) is 1.99. The second kappa shape index (κ2) is 5.58. The number of carbonyl (C=O) groups is 1. The molecule has 0 rings (SSSR count). The molecule has 0 aromatic carbocycles. The third-order valence-corrected chi connectivity index (χ3v) is 1.78. The molecule has 0 bridgehead atoms. The number of carbonyl (C=O) groups excluding carboxylic acids is 1. The molecule has 0 aromatic rings. The van der Waals surface area contributed by atoms with Gasteiger partial charge in [0, 0.05) is 0 Å². The van der Waals surface area contributed by atoms with Crippen molar-refractivity contribution in [2.75, 3.05) is 0 Å². The Bertz CT molecular complexity index is 230. The topological polar surface area (TPSA) is 114 Å². The van der Waals surface area contributed by atoms with Gasteiger partial charge in [-0.3, -0.25) is 4.84 Å². The first-order chi connectivity index (χ1) is 7.05. The van der Waals surface area contributed by atoms with Gasteiger partial charge in [-0.15, -0.1) is 0 Å². The van der Waals surface area contributed by atoms with Gasteiger partial charge >= 0.3 is 5.97 Å². The molecule has 1 atom stereocenters. The summed E-state index contributed by atoms with van der Waals surface area (Å²) in [6.45, 7) is 6.98. The van der Waals surface area contributed by atoms with E-state index in [0.29, 0.717) is 12.8 Å². The predicted octanol–water partition coefficient (Wildman–Crippen LogP) is 0.000800. The molecule has 0 aliphatic heterocycles. The van der Waals surface area contributed by atoms with Crippen molar-refractivity contribution < 1.29 is 14.4 Å².